The number of hydrogen-bond donors (Lipinski definition) is 1. The third-order valence-corrected chi connectivity index (χ3v) is 2.16. The average Bonchev–Trinajstić information content (AvgIpc) is 2.34. The summed E-state index contributed by atoms with van der Waals surface area (Å²) in [5.74, 6) is 0. The average molecular weight is 223 g/mol. The molecular formula is C13H21NO2. The van der Waals surface area contributed by atoms with Gasteiger partial charge in [0, 0.05) is 19.7 Å². The van der Waals surface area contributed by atoms with E-state index >= 15 is 0 Å². The van der Waals surface area contributed by atoms with E-state index in [0.717, 1.165) is 32.9 Å². The topological polar surface area (TPSA) is 30.5 Å². The van der Waals surface area contributed by atoms with Crippen molar-refractivity contribution in [1.82, 2.24) is 5.32 Å². The minimum atomic E-state index is 0.688. The Bertz CT molecular complexity index is 251. The Morgan fingerprint density at radius 1 is 1.00 bits per heavy atom. The van der Waals surface area contributed by atoms with E-state index in [1.807, 2.05) is 25.1 Å². The summed E-state index contributed by atoms with van der Waals surface area (Å²) in [5, 5.41) is 3.26. The second-order valence-corrected chi connectivity index (χ2v) is 3.49. The summed E-state index contributed by atoms with van der Waals surface area (Å²) in [4.78, 5) is 0. The van der Waals surface area contributed by atoms with E-state index in [-0.39, 0.29) is 0 Å². The highest BCUT2D eigenvalue weighted by Crippen LogP contribution is 1.99. The highest BCUT2D eigenvalue weighted by molar-refractivity contribution is 5.13. The van der Waals surface area contributed by atoms with Crippen molar-refractivity contribution in [2.45, 2.75) is 13.5 Å². The zero-order valence-corrected chi connectivity index (χ0v) is 9.95. The summed E-state index contributed by atoms with van der Waals surface area (Å²) in [6.07, 6.45) is 0. The van der Waals surface area contributed by atoms with Gasteiger partial charge < -0.3 is 14.8 Å². The maximum Gasteiger partial charge on any atom is 0.0717 e. The molecule has 0 spiro atoms. The van der Waals surface area contributed by atoms with Crippen molar-refractivity contribution in [1.29, 1.82) is 0 Å². The van der Waals surface area contributed by atoms with Crippen molar-refractivity contribution in [2.75, 3.05) is 32.9 Å². The van der Waals surface area contributed by atoms with Crippen molar-refractivity contribution in [3.05, 3.63) is 35.9 Å². The molecule has 0 radical (unpaired) electrons. The monoisotopic (exact) mass is 223 g/mol. The lowest BCUT2D eigenvalue weighted by Crippen LogP contribution is -2.23. The Kier molecular flexibility index (Phi) is 7.68. The molecule has 0 aliphatic carbocycles. The predicted molar refractivity (Wildman–Crippen MR) is 65.5 cm³/mol. The van der Waals surface area contributed by atoms with E-state index in [0.29, 0.717) is 6.61 Å². The molecular weight excluding hydrogens is 202 g/mol. The van der Waals surface area contributed by atoms with Crippen molar-refractivity contribution >= 4 is 0 Å². The maximum atomic E-state index is 5.52. The van der Waals surface area contributed by atoms with Gasteiger partial charge in [-0.3, -0.25) is 0 Å². The number of ether oxygens (including phenoxy) is 2. The van der Waals surface area contributed by atoms with Crippen LogP contribution < -0.4 is 5.32 Å². The van der Waals surface area contributed by atoms with E-state index in [9.17, 15) is 0 Å². The molecule has 0 aromatic heterocycles. The molecule has 0 saturated carbocycles. The van der Waals surface area contributed by atoms with Crippen molar-refractivity contribution in [2.24, 2.45) is 0 Å². The molecule has 0 fully saturated rings. The molecule has 3 heteroatoms. The first-order valence-electron chi connectivity index (χ1n) is 5.83. The van der Waals surface area contributed by atoms with E-state index in [4.69, 9.17) is 9.47 Å². The normalized spacial score (nSPS) is 10.6. The molecule has 0 bridgehead atoms. The molecule has 0 amide bonds. The fourth-order valence-corrected chi connectivity index (χ4v) is 1.32. The highest BCUT2D eigenvalue weighted by Gasteiger charge is 1.91. The first-order chi connectivity index (χ1) is 7.93. The molecule has 1 aromatic carbocycles. The summed E-state index contributed by atoms with van der Waals surface area (Å²) in [5.41, 5.74) is 1.22. The number of nitrogens with one attached hydrogen (secondary N) is 1. The van der Waals surface area contributed by atoms with Crippen LogP contribution in [0.25, 0.3) is 0 Å². The quantitative estimate of drug-likeness (QED) is 0.648. The minimum absolute atomic E-state index is 0.688. The van der Waals surface area contributed by atoms with Crippen LogP contribution in [0.5, 0.6) is 0 Å². The van der Waals surface area contributed by atoms with E-state index in [2.05, 4.69) is 17.4 Å². The van der Waals surface area contributed by atoms with E-state index < -0.39 is 0 Å². The van der Waals surface area contributed by atoms with Crippen LogP contribution in [-0.4, -0.2) is 32.9 Å². The molecule has 0 aliphatic heterocycles. The molecule has 90 valence electrons. The van der Waals surface area contributed by atoms with Crippen molar-refractivity contribution < 1.29 is 9.47 Å². The van der Waals surface area contributed by atoms with Crippen LogP contribution in [-0.2, 0) is 16.1 Å². The summed E-state index contributed by atoms with van der Waals surface area (Å²) in [6.45, 7) is 6.75. The lowest BCUT2D eigenvalue weighted by atomic mass is 10.2. The van der Waals surface area contributed by atoms with Crippen LogP contribution in [0.4, 0.5) is 0 Å². The maximum absolute atomic E-state index is 5.52. The highest BCUT2D eigenvalue weighted by atomic mass is 16.5. The van der Waals surface area contributed by atoms with Gasteiger partial charge in [-0.05, 0) is 12.5 Å². The third-order valence-electron chi connectivity index (χ3n) is 2.16. The Morgan fingerprint density at radius 3 is 2.38 bits per heavy atom. The van der Waals surface area contributed by atoms with Crippen LogP contribution in [0, 0.1) is 0 Å². The molecule has 16 heavy (non-hydrogen) atoms. The van der Waals surface area contributed by atoms with Crippen LogP contribution in [0.15, 0.2) is 30.3 Å². The van der Waals surface area contributed by atoms with Crippen LogP contribution >= 0.6 is 0 Å². The van der Waals surface area contributed by atoms with Gasteiger partial charge in [0.25, 0.3) is 0 Å². The zero-order chi connectivity index (χ0) is 11.5. The minimum Gasteiger partial charge on any atom is -0.380 e. The predicted octanol–water partition coefficient (Wildman–Crippen LogP) is 1.83. The van der Waals surface area contributed by atoms with Gasteiger partial charge in [0.05, 0.1) is 19.8 Å². The smallest absolute Gasteiger partial charge is 0.0717 e. The molecule has 1 N–H and O–H groups in total. The van der Waals surface area contributed by atoms with Crippen LogP contribution in [0.3, 0.4) is 0 Å². The second-order valence-electron chi connectivity index (χ2n) is 3.49. The van der Waals surface area contributed by atoms with Gasteiger partial charge >= 0.3 is 0 Å². The zero-order valence-electron chi connectivity index (χ0n) is 9.95. The molecule has 0 heterocycles. The lowest BCUT2D eigenvalue weighted by molar-refractivity contribution is 0.116. The summed E-state index contributed by atoms with van der Waals surface area (Å²) in [6, 6.07) is 10.2. The van der Waals surface area contributed by atoms with Gasteiger partial charge in [0.2, 0.25) is 0 Å². The third kappa shape index (κ3) is 6.56. The summed E-state index contributed by atoms with van der Waals surface area (Å²) in [7, 11) is 0. The van der Waals surface area contributed by atoms with Crippen LogP contribution in [0.1, 0.15) is 12.5 Å². The van der Waals surface area contributed by atoms with Crippen molar-refractivity contribution in [3.63, 3.8) is 0 Å². The number of rotatable bonds is 9. The number of hydrogen-bond acceptors (Lipinski definition) is 3. The molecule has 1 aromatic rings. The molecule has 0 unspecified atom stereocenters. The second kappa shape index (κ2) is 9.33. The molecule has 1 rings (SSSR count). The summed E-state index contributed by atoms with van der Waals surface area (Å²) < 4.78 is 10.7. The van der Waals surface area contributed by atoms with E-state index in [1.54, 1.807) is 0 Å². The van der Waals surface area contributed by atoms with Crippen LogP contribution in [0.2, 0.25) is 0 Å². The molecule has 0 atom stereocenters. The Balaban J connectivity index is 1.89. The Labute approximate surface area is 97.8 Å². The standard InChI is InChI=1S/C13H21NO2/c1-2-15-10-8-14-9-11-16-12-13-6-4-3-5-7-13/h3-7,14H,2,8-12H2,1H3. The fourth-order valence-electron chi connectivity index (χ4n) is 1.32. The summed E-state index contributed by atoms with van der Waals surface area (Å²) >= 11 is 0. The first kappa shape index (κ1) is 13.2. The van der Waals surface area contributed by atoms with Gasteiger partial charge in [-0.1, -0.05) is 30.3 Å². The number of benzene rings is 1. The van der Waals surface area contributed by atoms with Crippen molar-refractivity contribution in [3.8, 4) is 0 Å². The largest absolute Gasteiger partial charge is 0.380 e. The fraction of sp³-hybridized carbons (Fsp3) is 0.538. The SMILES string of the molecule is CCOCCNCCOCc1ccccc1. The van der Waals surface area contributed by atoms with E-state index in [1.165, 1.54) is 5.56 Å². The first-order valence-corrected chi connectivity index (χ1v) is 5.83. The van der Waals surface area contributed by atoms with Gasteiger partial charge in [0.1, 0.15) is 0 Å². The van der Waals surface area contributed by atoms with Gasteiger partial charge in [0.15, 0.2) is 0 Å². The van der Waals surface area contributed by atoms with Gasteiger partial charge in [-0.25, -0.2) is 0 Å². The Hall–Kier alpha value is -0.900. The molecule has 3 nitrogen and oxygen atoms in total. The molecule has 0 saturated heterocycles. The molecule has 0 aliphatic rings. The van der Waals surface area contributed by atoms with Gasteiger partial charge in [-0.15, -0.1) is 0 Å². The lowest BCUT2D eigenvalue weighted by Gasteiger charge is -2.06. The Morgan fingerprint density at radius 2 is 1.69 bits per heavy atom. The van der Waals surface area contributed by atoms with Gasteiger partial charge in [-0.2, -0.15) is 0 Å².